The summed E-state index contributed by atoms with van der Waals surface area (Å²) in [7, 11) is 0. The van der Waals surface area contributed by atoms with Gasteiger partial charge in [0.05, 0.1) is 28.9 Å². The summed E-state index contributed by atoms with van der Waals surface area (Å²) in [6, 6.07) is 3.88. The van der Waals surface area contributed by atoms with Crippen LogP contribution in [-0.4, -0.2) is 33.1 Å². The first kappa shape index (κ1) is 18.9. The van der Waals surface area contributed by atoms with E-state index in [2.05, 4.69) is 4.99 Å². The second kappa shape index (κ2) is 7.37. The summed E-state index contributed by atoms with van der Waals surface area (Å²) in [6.07, 6.45) is 0.00158. The minimum atomic E-state index is -0.616. The third kappa shape index (κ3) is 3.51. The van der Waals surface area contributed by atoms with Gasteiger partial charge in [0.15, 0.2) is 3.95 Å². The first-order valence-electron chi connectivity index (χ1n) is 7.84. The van der Waals surface area contributed by atoms with Gasteiger partial charge in [-0.25, -0.2) is 4.99 Å². The number of nitrogens with zero attached hydrogens (tertiary/aromatic N) is 3. The number of nitro groups is 1. The maximum absolute atomic E-state index is 12.3. The van der Waals surface area contributed by atoms with E-state index in [9.17, 15) is 24.8 Å². The lowest BCUT2D eigenvalue weighted by molar-refractivity contribution is -0.385. The van der Waals surface area contributed by atoms with Crippen LogP contribution in [0.2, 0.25) is 0 Å². The Hall–Kier alpha value is -2.92. The van der Waals surface area contributed by atoms with Crippen LogP contribution in [0.15, 0.2) is 23.2 Å². The Bertz CT molecular complexity index is 1150. The number of esters is 1. The van der Waals surface area contributed by atoms with Gasteiger partial charge < -0.3 is 9.84 Å². The molecule has 0 unspecified atom stereocenters. The Labute approximate surface area is 161 Å². The highest BCUT2D eigenvalue weighted by molar-refractivity contribution is 7.73. The lowest BCUT2D eigenvalue weighted by Gasteiger charge is -2.05. The van der Waals surface area contributed by atoms with Crippen molar-refractivity contribution < 1.29 is 24.4 Å². The number of carbonyl (C=O) groups is 2. The van der Waals surface area contributed by atoms with Crippen LogP contribution in [0.1, 0.15) is 18.2 Å². The van der Waals surface area contributed by atoms with Crippen LogP contribution in [0.3, 0.4) is 0 Å². The van der Waals surface area contributed by atoms with E-state index in [4.69, 9.17) is 17.0 Å². The average molecular weight is 407 g/mol. The largest absolute Gasteiger partial charge is 0.493 e. The predicted octanol–water partition coefficient (Wildman–Crippen LogP) is 1.20. The van der Waals surface area contributed by atoms with E-state index in [0.717, 1.165) is 11.3 Å². The Morgan fingerprint density at radius 1 is 1.48 bits per heavy atom. The molecule has 1 amide bonds. The van der Waals surface area contributed by atoms with Gasteiger partial charge in [0.1, 0.15) is 4.88 Å². The molecular formula is C16H13N3O6S2. The molecule has 1 aromatic heterocycles. The summed E-state index contributed by atoms with van der Waals surface area (Å²) in [6.45, 7) is 2.02. The number of rotatable bonds is 6. The van der Waals surface area contributed by atoms with Crippen molar-refractivity contribution >= 4 is 46.7 Å². The molecule has 0 saturated heterocycles. The van der Waals surface area contributed by atoms with E-state index < -0.39 is 16.8 Å². The normalized spacial score (nSPS) is 12.6. The van der Waals surface area contributed by atoms with Gasteiger partial charge in [-0.15, -0.1) is 11.3 Å². The first-order chi connectivity index (χ1) is 12.8. The standard InChI is InChI=1S/C16H13N3O6S2/c1-2-25-11(20)5-6-18-15(22)13(27-16(18)26)12-9-7-8(19(23)24)3-4-10(9)17-14(12)21/h3-4,7,22H,2,5-6H2,1H3. The molecule has 0 fully saturated rings. The summed E-state index contributed by atoms with van der Waals surface area (Å²) in [5, 5.41) is 22.1. The Balaban J connectivity index is 2.09. The van der Waals surface area contributed by atoms with E-state index in [1.54, 1.807) is 6.92 Å². The number of aromatic nitrogens is 1. The fourth-order valence-electron chi connectivity index (χ4n) is 2.63. The monoisotopic (exact) mass is 407 g/mol. The Morgan fingerprint density at radius 3 is 2.89 bits per heavy atom. The third-order valence-corrected chi connectivity index (χ3v) is 5.29. The molecule has 2 aromatic rings. The number of hydrogen-bond acceptors (Lipinski definition) is 8. The lowest BCUT2D eigenvalue weighted by atomic mass is 10.1. The van der Waals surface area contributed by atoms with Crippen molar-refractivity contribution in [1.29, 1.82) is 0 Å². The van der Waals surface area contributed by atoms with Gasteiger partial charge >= 0.3 is 5.97 Å². The van der Waals surface area contributed by atoms with Gasteiger partial charge in [-0.3, -0.25) is 24.3 Å². The summed E-state index contributed by atoms with van der Waals surface area (Å²) in [4.78, 5) is 38.4. The lowest BCUT2D eigenvalue weighted by Crippen LogP contribution is -2.23. The highest BCUT2D eigenvalue weighted by Gasteiger charge is 2.26. The molecule has 9 nitrogen and oxygen atoms in total. The van der Waals surface area contributed by atoms with Crippen molar-refractivity contribution in [2.75, 3.05) is 6.61 Å². The van der Waals surface area contributed by atoms with Crippen molar-refractivity contribution in [2.24, 2.45) is 4.99 Å². The highest BCUT2D eigenvalue weighted by Crippen LogP contribution is 2.32. The fraction of sp³-hybridized carbons (Fsp3) is 0.250. The number of carbonyl (C=O) groups excluding carboxylic acids is 2. The molecule has 0 spiro atoms. The van der Waals surface area contributed by atoms with Gasteiger partial charge in [0, 0.05) is 23.9 Å². The molecule has 1 aromatic carbocycles. The van der Waals surface area contributed by atoms with Gasteiger partial charge in [-0.1, -0.05) is 0 Å². The number of ether oxygens (including phenoxy) is 1. The van der Waals surface area contributed by atoms with Crippen LogP contribution in [0.4, 0.5) is 5.69 Å². The molecule has 0 bridgehead atoms. The van der Waals surface area contributed by atoms with Crippen molar-refractivity contribution in [2.45, 2.75) is 19.9 Å². The topological polar surface area (TPSA) is 124 Å². The number of hydrogen-bond donors (Lipinski definition) is 1. The zero-order chi connectivity index (χ0) is 19.7. The molecular weight excluding hydrogens is 394 g/mol. The van der Waals surface area contributed by atoms with Crippen LogP contribution in [0.25, 0.3) is 5.57 Å². The van der Waals surface area contributed by atoms with Crippen molar-refractivity contribution in [1.82, 2.24) is 4.57 Å². The van der Waals surface area contributed by atoms with Gasteiger partial charge in [-0.2, -0.15) is 0 Å². The van der Waals surface area contributed by atoms with E-state index in [1.165, 1.54) is 22.8 Å². The Morgan fingerprint density at radius 2 is 2.22 bits per heavy atom. The number of amides is 1. The van der Waals surface area contributed by atoms with Gasteiger partial charge in [0.2, 0.25) is 5.88 Å². The molecule has 1 N–H and O–H groups in total. The van der Waals surface area contributed by atoms with E-state index in [1.807, 2.05) is 0 Å². The zero-order valence-corrected chi connectivity index (χ0v) is 15.6. The number of thiazole rings is 1. The third-order valence-electron chi connectivity index (χ3n) is 3.84. The smallest absolute Gasteiger partial charge is 0.307 e. The fourth-order valence-corrected chi connectivity index (χ4v) is 4.02. The van der Waals surface area contributed by atoms with Crippen LogP contribution >= 0.6 is 23.6 Å². The van der Waals surface area contributed by atoms with Crippen molar-refractivity contribution in [3.8, 4) is 5.88 Å². The van der Waals surface area contributed by atoms with Crippen molar-refractivity contribution in [3.63, 3.8) is 0 Å². The summed E-state index contributed by atoms with van der Waals surface area (Å²) in [5.41, 5.74) is -0.141. The second-order valence-corrected chi connectivity index (χ2v) is 7.12. The zero-order valence-electron chi connectivity index (χ0n) is 14.0. The van der Waals surface area contributed by atoms with E-state index in [0.29, 0.717) is 0 Å². The summed E-state index contributed by atoms with van der Waals surface area (Å²) < 4.78 is 6.42. The number of fused-ring (bicyclic) bond motifs is 1. The highest BCUT2D eigenvalue weighted by atomic mass is 32.1. The van der Waals surface area contributed by atoms with Crippen LogP contribution in [-0.2, 0) is 20.9 Å². The average Bonchev–Trinajstić information content (AvgIpc) is 3.08. The maximum Gasteiger partial charge on any atom is 0.307 e. The van der Waals surface area contributed by atoms with Crippen LogP contribution in [0, 0.1) is 14.1 Å². The SMILES string of the molecule is CCOC(=O)CCn1c(O)c(C2=c3cc([N+](=O)[O-])ccc3=NC2=O)sc1=S. The minimum Gasteiger partial charge on any atom is -0.493 e. The number of aromatic hydroxyl groups is 1. The van der Waals surface area contributed by atoms with E-state index >= 15 is 0 Å². The molecule has 1 aliphatic rings. The molecule has 0 aliphatic carbocycles. The molecule has 0 radical (unpaired) electrons. The Kier molecular flexibility index (Phi) is 5.15. The molecule has 140 valence electrons. The quantitative estimate of drug-likeness (QED) is 0.330. The summed E-state index contributed by atoms with van der Waals surface area (Å²) >= 11 is 6.20. The molecule has 1 aliphatic heterocycles. The van der Waals surface area contributed by atoms with Gasteiger partial charge in [0.25, 0.3) is 11.6 Å². The second-order valence-electron chi connectivity index (χ2n) is 5.48. The molecule has 11 heteroatoms. The number of benzene rings is 1. The minimum absolute atomic E-state index is 0.00158. The van der Waals surface area contributed by atoms with Crippen LogP contribution < -0.4 is 10.6 Å². The van der Waals surface area contributed by atoms with Crippen LogP contribution in [0.5, 0.6) is 5.88 Å². The molecule has 3 rings (SSSR count). The molecule has 0 atom stereocenters. The molecule has 27 heavy (non-hydrogen) atoms. The number of non-ortho nitro benzene ring substituents is 1. The van der Waals surface area contributed by atoms with E-state index in [-0.39, 0.29) is 56.1 Å². The predicted molar refractivity (Wildman–Crippen MR) is 97.5 cm³/mol. The first-order valence-corrected chi connectivity index (χ1v) is 9.06. The summed E-state index contributed by atoms with van der Waals surface area (Å²) in [5.74, 6) is -1.34. The van der Waals surface area contributed by atoms with Crippen molar-refractivity contribution in [3.05, 3.63) is 47.7 Å². The van der Waals surface area contributed by atoms with Gasteiger partial charge in [-0.05, 0) is 25.2 Å². The maximum atomic E-state index is 12.3. The molecule has 2 heterocycles. The molecule has 0 saturated carbocycles. The number of nitro benzene ring substituents is 1.